The molecule has 0 aliphatic carbocycles. The van der Waals surface area contributed by atoms with Crippen LogP contribution < -0.4 is 5.32 Å². The number of amides is 1. The molecule has 6 nitrogen and oxygen atoms in total. The molecule has 1 saturated heterocycles. The smallest absolute Gasteiger partial charge is 0.234 e. The average molecular weight is 396 g/mol. The molecule has 27 heavy (non-hydrogen) atoms. The maximum absolute atomic E-state index is 12.6. The molecule has 0 radical (unpaired) electrons. The molecule has 1 N–H and O–H groups in total. The minimum absolute atomic E-state index is 0.0202. The molecule has 1 amide bonds. The van der Waals surface area contributed by atoms with Crippen LogP contribution in [0.2, 0.25) is 0 Å². The third kappa shape index (κ3) is 7.60. The molecule has 0 saturated carbocycles. The Kier molecular flexibility index (Phi) is 8.26. The molecule has 1 aromatic rings. The highest BCUT2D eigenvalue weighted by molar-refractivity contribution is 7.88. The van der Waals surface area contributed by atoms with Gasteiger partial charge in [-0.15, -0.1) is 0 Å². The second-order valence-corrected chi connectivity index (χ2v) is 9.83. The molecule has 1 heterocycles. The van der Waals surface area contributed by atoms with Gasteiger partial charge in [0.05, 0.1) is 12.3 Å². The number of carbonyl (C=O) groups excluding carboxylic acids is 1. The van der Waals surface area contributed by atoms with Crippen molar-refractivity contribution < 1.29 is 13.2 Å². The van der Waals surface area contributed by atoms with Crippen LogP contribution in [0.4, 0.5) is 0 Å². The standard InChI is InChI=1S/C20H33N3O3S/c1-17(2)9-10-18(3)21-20(24)15-22-11-13-23(14-12-22)27(25,26)16-19-7-5-4-6-8-19/h4-8,17-18H,9-16H2,1-3H3,(H,21,24)/t18-/m1/s1. The van der Waals surface area contributed by atoms with Gasteiger partial charge in [0.25, 0.3) is 0 Å². The first-order chi connectivity index (χ1) is 12.8. The largest absolute Gasteiger partial charge is 0.353 e. The number of piperazine rings is 1. The predicted octanol–water partition coefficient (Wildman–Crippen LogP) is 2.07. The van der Waals surface area contributed by atoms with Crippen LogP contribution in [0.25, 0.3) is 0 Å². The van der Waals surface area contributed by atoms with E-state index in [2.05, 4.69) is 19.2 Å². The molecule has 0 aromatic heterocycles. The fourth-order valence-corrected chi connectivity index (χ4v) is 4.74. The SMILES string of the molecule is CC(C)CC[C@@H](C)NC(=O)CN1CCN(S(=O)(=O)Cc2ccccc2)CC1. The number of carbonyl (C=O) groups is 1. The van der Waals surface area contributed by atoms with Crippen molar-refractivity contribution in [3.63, 3.8) is 0 Å². The third-order valence-corrected chi connectivity index (χ3v) is 6.72. The second kappa shape index (κ2) is 10.2. The summed E-state index contributed by atoms with van der Waals surface area (Å²) in [6.45, 7) is 8.77. The van der Waals surface area contributed by atoms with Crippen molar-refractivity contribution in [2.45, 2.75) is 45.4 Å². The summed E-state index contributed by atoms with van der Waals surface area (Å²) < 4.78 is 26.7. The number of nitrogens with one attached hydrogen (secondary N) is 1. The number of hydrogen-bond acceptors (Lipinski definition) is 4. The fraction of sp³-hybridized carbons (Fsp3) is 0.650. The number of nitrogens with zero attached hydrogens (tertiary/aromatic N) is 2. The van der Waals surface area contributed by atoms with E-state index in [4.69, 9.17) is 0 Å². The summed E-state index contributed by atoms with van der Waals surface area (Å²) in [6.07, 6.45) is 2.08. The molecular weight excluding hydrogens is 362 g/mol. The van der Waals surface area contributed by atoms with Crippen LogP contribution in [-0.4, -0.2) is 62.3 Å². The lowest BCUT2D eigenvalue weighted by Gasteiger charge is -2.33. The van der Waals surface area contributed by atoms with Crippen molar-refractivity contribution in [2.75, 3.05) is 32.7 Å². The van der Waals surface area contributed by atoms with E-state index >= 15 is 0 Å². The Balaban J connectivity index is 1.75. The molecule has 0 spiro atoms. The molecule has 1 fully saturated rings. The monoisotopic (exact) mass is 395 g/mol. The van der Waals surface area contributed by atoms with E-state index in [9.17, 15) is 13.2 Å². The molecule has 1 aliphatic rings. The number of sulfonamides is 1. The summed E-state index contributed by atoms with van der Waals surface area (Å²) in [7, 11) is -3.32. The summed E-state index contributed by atoms with van der Waals surface area (Å²) >= 11 is 0. The Hall–Kier alpha value is -1.44. The molecule has 0 unspecified atom stereocenters. The van der Waals surface area contributed by atoms with Gasteiger partial charge < -0.3 is 5.32 Å². The van der Waals surface area contributed by atoms with Crippen LogP contribution in [0.15, 0.2) is 30.3 Å². The summed E-state index contributed by atoms with van der Waals surface area (Å²) in [6, 6.07) is 9.42. The van der Waals surface area contributed by atoms with Gasteiger partial charge in [0, 0.05) is 32.2 Å². The van der Waals surface area contributed by atoms with Crippen LogP contribution in [0.3, 0.4) is 0 Å². The van der Waals surface area contributed by atoms with Gasteiger partial charge in [-0.1, -0.05) is 44.2 Å². The quantitative estimate of drug-likeness (QED) is 0.695. The molecule has 1 aliphatic heterocycles. The maximum Gasteiger partial charge on any atom is 0.234 e. The first kappa shape index (κ1) is 21.9. The third-order valence-electron chi connectivity index (χ3n) is 4.87. The molecule has 1 atom stereocenters. The first-order valence-corrected chi connectivity index (χ1v) is 11.4. The maximum atomic E-state index is 12.6. The van der Waals surface area contributed by atoms with Crippen molar-refractivity contribution in [1.29, 1.82) is 0 Å². The average Bonchev–Trinajstić information content (AvgIpc) is 2.61. The van der Waals surface area contributed by atoms with Gasteiger partial charge in [-0.05, 0) is 31.2 Å². The van der Waals surface area contributed by atoms with E-state index in [1.807, 2.05) is 42.2 Å². The molecular formula is C20H33N3O3S. The van der Waals surface area contributed by atoms with Crippen molar-refractivity contribution in [1.82, 2.24) is 14.5 Å². The molecule has 7 heteroatoms. The fourth-order valence-electron chi connectivity index (χ4n) is 3.22. The summed E-state index contributed by atoms with van der Waals surface area (Å²) in [4.78, 5) is 14.2. The Morgan fingerprint density at radius 3 is 2.26 bits per heavy atom. The lowest BCUT2D eigenvalue weighted by Crippen LogP contribution is -2.51. The lowest BCUT2D eigenvalue weighted by molar-refractivity contribution is -0.123. The zero-order valence-corrected chi connectivity index (χ0v) is 17.5. The topological polar surface area (TPSA) is 69.7 Å². The molecule has 1 aromatic carbocycles. The van der Waals surface area contributed by atoms with Crippen LogP contribution in [-0.2, 0) is 20.6 Å². The van der Waals surface area contributed by atoms with Gasteiger partial charge in [0.1, 0.15) is 0 Å². The molecule has 0 bridgehead atoms. The second-order valence-electron chi connectivity index (χ2n) is 7.86. The highest BCUT2D eigenvalue weighted by Crippen LogP contribution is 2.13. The Bertz CT molecular complexity index is 684. The number of hydrogen-bond donors (Lipinski definition) is 1. The molecule has 152 valence electrons. The van der Waals surface area contributed by atoms with Gasteiger partial charge >= 0.3 is 0 Å². The summed E-state index contributed by atoms with van der Waals surface area (Å²) in [5, 5.41) is 3.04. The normalized spacial score (nSPS) is 17.8. The minimum atomic E-state index is -3.32. The van der Waals surface area contributed by atoms with Gasteiger partial charge in [0.15, 0.2) is 0 Å². The van der Waals surface area contributed by atoms with E-state index in [-0.39, 0.29) is 17.7 Å². The van der Waals surface area contributed by atoms with Crippen LogP contribution in [0.5, 0.6) is 0 Å². The lowest BCUT2D eigenvalue weighted by atomic mass is 10.0. The Morgan fingerprint density at radius 1 is 1.04 bits per heavy atom. The van der Waals surface area contributed by atoms with Crippen molar-refractivity contribution in [3.05, 3.63) is 35.9 Å². The van der Waals surface area contributed by atoms with Crippen molar-refractivity contribution in [2.24, 2.45) is 5.92 Å². The van der Waals surface area contributed by atoms with E-state index in [1.165, 1.54) is 0 Å². The van der Waals surface area contributed by atoms with Gasteiger partial charge in [-0.25, -0.2) is 8.42 Å². The van der Waals surface area contributed by atoms with Crippen LogP contribution in [0.1, 0.15) is 39.2 Å². The van der Waals surface area contributed by atoms with Crippen molar-refractivity contribution >= 4 is 15.9 Å². The Labute approximate surface area is 164 Å². The van der Waals surface area contributed by atoms with E-state index in [0.717, 1.165) is 18.4 Å². The van der Waals surface area contributed by atoms with Gasteiger partial charge in [-0.2, -0.15) is 4.31 Å². The first-order valence-electron chi connectivity index (χ1n) is 9.79. The minimum Gasteiger partial charge on any atom is -0.353 e. The predicted molar refractivity (Wildman–Crippen MR) is 109 cm³/mol. The van der Waals surface area contributed by atoms with Gasteiger partial charge in [-0.3, -0.25) is 9.69 Å². The number of benzene rings is 1. The highest BCUT2D eigenvalue weighted by Gasteiger charge is 2.27. The van der Waals surface area contributed by atoms with E-state index in [0.29, 0.717) is 38.6 Å². The van der Waals surface area contributed by atoms with Crippen LogP contribution in [0, 0.1) is 5.92 Å². The number of rotatable bonds is 9. The zero-order chi connectivity index (χ0) is 19.9. The summed E-state index contributed by atoms with van der Waals surface area (Å²) in [5.41, 5.74) is 0.801. The highest BCUT2D eigenvalue weighted by atomic mass is 32.2. The van der Waals surface area contributed by atoms with E-state index < -0.39 is 10.0 Å². The van der Waals surface area contributed by atoms with E-state index in [1.54, 1.807) is 4.31 Å². The Morgan fingerprint density at radius 2 is 1.67 bits per heavy atom. The zero-order valence-electron chi connectivity index (χ0n) is 16.7. The summed E-state index contributed by atoms with van der Waals surface area (Å²) in [5.74, 6) is 0.684. The van der Waals surface area contributed by atoms with Crippen molar-refractivity contribution in [3.8, 4) is 0 Å². The van der Waals surface area contributed by atoms with Gasteiger partial charge in [0.2, 0.25) is 15.9 Å². The molecule has 2 rings (SSSR count). The van der Waals surface area contributed by atoms with Crippen LogP contribution >= 0.6 is 0 Å².